The smallest absolute Gasteiger partial charge is 0.226 e. The van der Waals surface area contributed by atoms with Crippen LogP contribution in [0, 0.1) is 6.92 Å². The summed E-state index contributed by atoms with van der Waals surface area (Å²) >= 11 is 4.94. The molecule has 7 heteroatoms. The molecule has 0 spiro atoms. The first-order valence-electron chi connectivity index (χ1n) is 5.72. The van der Waals surface area contributed by atoms with Crippen molar-refractivity contribution in [3.63, 3.8) is 0 Å². The van der Waals surface area contributed by atoms with Gasteiger partial charge in [-0.1, -0.05) is 12.2 Å². The summed E-state index contributed by atoms with van der Waals surface area (Å²) in [6, 6.07) is 1.62. The highest BCUT2D eigenvalue weighted by Gasteiger charge is 2.25. The molecule has 2 rings (SSSR count). The van der Waals surface area contributed by atoms with E-state index in [0.29, 0.717) is 31.4 Å². The lowest BCUT2D eigenvalue weighted by Gasteiger charge is -2.34. The highest BCUT2D eigenvalue weighted by Crippen LogP contribution is 2.16. The van der Waals surface area contributed by atoms with Crippen molar-refractivity contribution in [2.75, 3.05) is 31.3 Å². The molecule has 0 saturated carbocycles. The van der Waals surface area contributed by atoms with E-state index in [0.717, 1.165) is 5.69 Å². The van der Waals surface area contributed by atoms with Gasteiger partial charge in [0.1, 0.15) is 10.7 Å². The number of anilines is 1. The molecule has 1 unspecified atom stereocenters. The van der Waals surface area contributed by atoms with Crippen LogP contribution in [0.1, 0.15) is 11.4 Å². The second-order valence-corrected chi connectivity index (χ2v) is 4.60. The Morgan fingerprint density at radius 3 is 3.11 bits per heavy atom. The van der Waals surface area contributed by atoms with E-state index in [9.17, 15) is 5.11 Å². The fourth-order valence-corrected chi connectivity index (χ4v) is 1.98. The molecule has 1 aliphatic rings. The van der Waals surface area contributed by atoms with Crippen LogP contribution in [0.15, 0.2) is 6.07 Å². The van der Waals surface area contributed by atoms with Crippen molar-refractivity contribution in [1.29, 1.82) is 0 Å². The minimum Gasteiger partial charge on any atom is -0.394 e. The number of aromatic nitrogens is 2. The Bertz CT molecular complexity index is 455. The third-order valence-electron chi connectivity index (χ3n) is 2.79. The normalized spacial score (nSPS) is 19.9. The number of morpholine rings is 1. The monoisotopic (exact) mass is 268 g/mol. The van der Waals surface area contributed by atoms with Crippen LogP contribution in [0.3, 0.4) is 0 Å². The summed E-state index contributed by atoms with van der Waals surface area (Å²) in [4.78, 5) is 10.9. The van der Waals surface area contributed by atoms with Gasteiger partial charge < -0.3 is 20.5 Å². The van der Waals surface area contributed by atoms with E-state index in [1.165, 1.54) is 0 Å². The lowest BCUT2D eigenvalue weighted by Crippen LogP contribution is -2.48. The molecule has 1 aliphatic heterocycles. The van der Waals surface area contributed by atoms with Crippen LogP contribution >= 0.6 is 12.2 Å². The Balaban J connectivity index is 2.33. The number of rotatable bonds is 3. The van der Waals surface area contributed by atoms with Gasteiger partial charge in [-0.3, -0.25) is 0 Å². The lowest BCUT2D eigenvalue weighted by molar-refractivity contribution is 0.0718. The molecule has 0 radical (unpaired) electrons. The number of aliphatic hydroxyl groups is 1. The van der Waals surface area contributed by atoms with Crippen LogP contribution in [0.2, 0.25) is 0 Å². The van der Waals surface area contributed by atoms with Crippen LogP contribution in [0.5, 0.6) is 0 Å². The number of ether oxygens (including phenoxy) is 1. The van der Waals surface area contributed by atoms with Crippen molar-refractivity contribution in [2.45, 2.75) is 13.0 Å². The summed E-state index contributed by atoms with van der Waals surface area (Å²) in [5.74, 6) is 0.542. The van der Waals surface area contributed by atoms with Crippen LogP contribution in [-0.4, -0.2) is 52.5 Å². The molecule has 2 heterocycles. The van der Waals surface area contributed by atoms with Crippen molar-refractivity contribution in [3.8, 4) is 0 Å². The highest BCUT2D eigenvalue weighted by molar-refractivity contribution is 7.80. The van der Waals surface area contributed by atoms with Crippen LogP contribution in [0.25, 0.3) is 0 Å². The van der Waals surface area contributed by atoms with Gasteiger partial charge in [0.15, 0.2) is 0 Å². The molecule has 1 aromatic rings. The summed E-state index contributed by atoms with van der Waals surface area (Å²) in [6.07, 6.45) is 0. The predicted octanol–water partition coefficient (Wildman–Crippen LogP) is -0.383. The molecular weight excluding hydrogens is 252 g/mol. The average molecular weight is 268 g/mol. The van der Waals surface area contributed by atoms with E-state index in [1.54, 1.807) is 6.07 Å². The van der Waals surface area contributed by atoms with Crippen LogP contribution < -0.4 is 10.6 Å². The van der Waals surface area contributed by atoms with Gasteiger partial charge in [-0.05, 0) is 13.0 Å². The molecule has 1 atom stereocenters. The van der Waals surface area contributed by atoms with Gasteiger partial charge in [-0.25, -0.2) is 9.97 Å². The minimum absolute atomic E-state index is 0.000291. The fourth-order valence-electron chi connectivity index (χ4n) is 1.88. The fraction of sp³-hybridized carbons (Fsp3) is 0.545. The molecule has 6 nitrogen and oxygen atoms in total. The summed E-state index contributed by atoms with van der Waals surface area (Å²) in [5.41, 5.74) is 6.95. The van der Waals surface area contributed by atoms with E-state index in [4.69, 9.17) is 22.7 Å². The SMILES string of the molecule is Cc1cc(C(N)=S)nc(N2CCOCC2CO)n1. The Morgan fingerprint density at radius 2 is 2.44 bits per heavy atom. The third kappa shape index (κ3) is 2.74. The Kier molecular flexibility index (Phi) is 4.05. The van der Waals surface area contributed by atoms with E-state index in [-0.39, 0.29) is 17.6 Å². The molecule has 0 bridgehead atoms. The third-order valence-corrected chi connectivity index (χ3v) is 3.00. The second kappa shape index (κ2) is 5.55. The molecule has 98 valence electrons. The zero-order valence-corrected chi connectivity index (χ0v) is 11.0. The molecule has 1 aromatic heterocycles. The van der Waals surface area contributed by atoms with Gasteiger partial charge in [0.25, 0.3) is 0 Å². The van der Waals surface area contributed by atoms with E-state index >= 15 is 0 Å². The molecule has 1 fully saturated rings. The average Bonchev–Trinajstić information content (AvgIpc) is 2.38. The summed E-state index contributed by atoms with van der Waals surface area (Å²) in [6.45, 7) is 3.57. The van der Waals surface area contributed by atoms with Crippen LogP contribution in [-0.2, 0) is 4.74 Å². The van der Waals surface area contributed by atoms with E-state index in [1.807, 2.05) is 11.8 Å². The molecule has 0 amide bonds. The van der Waals surface area contributed by atoms with Gasteiger partial charge in [-0.2, -0.15) is 0 Å². The predicted molar refractivity (Wildman–Crippen MR) is 71.7 cm³/mol. The number of hydrogen-bond donors (Lipinski definition) is 2. The second-order valence-electron chi connectivity index (χ2n) is 4.16. The first-order valence-corrected chi connectivity index (χ1v) is 6.13. The zero-order valence-electron chi connectivity index (χ0n) is 10.2. The Morgan fingerprint density at radius 1 is 1.67 bits per heavy atom. The van der Waals surface area contributed by atoms with Crippen molar-refractivity contribution in [1.82, 2.24) is 9.97 Å². The first-order chi connectivity index (χ1) is 8.61. The Labute approximate surface area is 111 Å². The molecule has 0 aromatic carbocycles. The molecule has 0 aliphatic carbocycles. The highest BCUT2D eigenvalue weighted by atomic mass is 32.1. The zero-order chi connectivity index (χ0) is 13.1. The van der Waals surface area contributed by atoms with Gasteiger partial charge in [-0.15, -0.1) is 0 Å². The largest absolute Gasteiger partial charge is 0.394 e. The standard InChI is InChI=1S/C11H16N4O2S/c1-7-4-9(10(12)18)14-11(13-7)15-2-3-17-6-8(15)5-16/h4,8,16H,2-3,5-6H2,1H3,(H2,12,18). The topological polar surface area (TPSA) is 84.5 Å². The van der Waals surface area contributed by atoms with E-state index < -0.39 is 0 Å². The minimum atomic E-state index is -0.125. The maximum absolute atomic E-state index is 9.34. The number of hydrogen-bond acceptors (Lipinski definition) is 6. The molecule has 18 heavy (non-hydrogen) atoms. The van der Waals surface area contributed by atoms with Gasteiger partial charge >= 0.3 is 0 Å². The first kappa shape index (κ1) is 13.1. The Hall–Kier alpha value is -1.31. The maximum atomic E-state index is 9.34. The van der Waals surface area contributed by atoms with Crippen LogP contribution in [0.4, 0.5) is 5.95 Å². The van der Waals surface area contributed by atoms with Crippen molar-refractivity contribution in [2.24, 2.45) is 5.73 Å². The molecule has 3 N–H and O–H groups in total. The number of thiocarbonyl (C=S) groups is 1. The number of aryl methyl sites for hydroxylation is 1. The number of nitrogens with two attached hydrogens (primary N) is 1. The molecular formula is C11H16N4O2S. The van der Waals surface area contributed by atoms with Gasteiger partial charge in [0.2, 0.25) is 5.95 Å². The summed E-state index contributed by atoms with van der Waals surface area (Å²) < 4.78 is 5.32. The maximum Gasteiger partial charge on any atom is 0.226 e. The van der Waals surface area contributed by atoms with Crippen molar-refractivity contribution >= 4 is 23.2 Å². The van der Waals surface area contributed by atoms with Gasteiger partial charge in [0.05, 0.1) is 25.9 Å². The molecule has 1 saturated heterocycles. The van der Waals surface area contributed by atoms with E-state index in [2.05, 4.69) is 9.97 Å². The lowest BCUT2D eigenvalue weighted by atomic mass is 10.2. The number of nitrogens with zero attached hydrogens (tertiary/aromatic N) is 3. The summed E-state index contributed by atoms with van der Waals surface area (Å²) in [7, 11) is 0. The van der Waals surface area contributed by atoms with Crippen molar-refractivity contribution < 1.29 is 9.84 Å². The number of aliphatic hydroxyl groups excluding tert-OH is 1. The van der Waals surface area contributed by atoms with Gasteiger partial charge in [0, 0.05) is 12.2 Å². The van der Waals surface area contributed by atoms with Crippen molar-refractivity contribution in [3.05, 3.63) is 17.5 Å². The quantitative estimate of drug-likeness (QED) is 0.723. The summed E-state index contributed by atoms with van der Waals surface area (Å²) in [5, 5.41) is 9.34.